The molecule has 3 rings (SSSR count). The Morgan fingerprint density at radius 3 is 2.67 bits per heavy atom. The number of hydrogen-bond donors (Lipinski definition) is 2. The zero-order chi connectivity index (χ0) is 21.7. The van der Waals surface area contributed by atoms with Crippen LogP contribution < -0.4 is 0 Å². The van der Waals surface area contributed by atoms with Crippen LogP contribution in [0.4, 0.5) is 4.39 Å². The molecule has 0 aliphatic carbocycles. The summed E-state index contributed by atoms with van der Waals surface area (Å²) in [5.74, 6) is -0.713. The largest absolute Gasteiger partial charge is 0.505 e. The van der Waals surface area contributed by atoms with Crippen LogP contribution in [0.25, 0.3) is 11.6 Å². The van der Waals surface area contributed by atoms with E-state index >= 15 is 0 Å². The highest BCUT2D eigenvalue weighted by Crippen LogP contribution is 2.33. The predicted octanol–water partition coefficient (Wildman–Crippen LogP) is 5.87. The molecule has 0 saturated heterocycles. The maximum absolute atomic E-state index is 13.8. The highest BCUT2D eigenvalue weighted by Gasteiger charge is 2.29. The third kappa shape index (κ3) is 5.50. The summed E-state index contributed by atoms with van der Waals surface area (Å²) in [6.07, 6.45) is 5.52. The maximum atomic E-state index is 13.8. The van der Waals surface area contributed by atoms with E-state index in [1.54, 1.807) is 6.07 Å². The number of allylic oxidation sites excluding steroid dienone is 2. The Labute approximate surface area is 178 Å². The molecule has 0 spiro atoms. The fourth-order valence-electron chi connectivity index (χ4n) is 3.63. The Morgan fingerprint density at radius 1 is 1.27 bits per heavy atom. The summed E-state index contributed by atoms with van der Waals surface area (Å²) in [5, 5.41) is 19.5. The SMILES string of the molecule is C=C(C1=CCB(O)OC1CC/C(=C/c1ccc(O)c(F)c1)c1ccccc1)C(C)C. The second kappa shape index (κ2) is 9.92. The molecule has 0 bridgehead atoms. The van der Waals surface area contributed by atoms with E-state index in [0.29, 0.717) is 30.6 Å². The number of halogens is 1. The van der Waals surface area contributed by atoms with Gasteiger partial charge >= 0.3 is 7.12 Å². The molecule has 1 heterocycles. The van der Waals surface area contributed by atoms with E-state index in [1.165, 1.54) is 12.1 Å². The predicted molar refractivity (Wildman–Crippen MR) is 121 cm³/mol. The number of phenolic OH excluding ortho intramolecular Hbond substituents is 1. The van der Waals surface area contributed by atoms with Gasteiger partial charge in [-0.1, -0.05) is 69.0 Å². The number of hydrogen-bond acceptors (Lipinski definition) is 3. The third-order valence-electron chi connectivity index (χ3n) is 5.41. The molecule has 0 radical (unpaired) electrons. The first kappa shape index (κ1) is 22.1. The second-order valence-electron chi connectivity index (χ2n) is 7.94. The highest BCUT2D eigenvalue weighted by atomic mass is 19.1. The fraction of sp³-hybridized carbons (Fsp3) is 0.280. The van der Waals surface area contributed by atoms with Gasteiger partial charge in [-0.05, 0) is 58.7 Å². The van der Waals surface area contributed by atoms with Crippen molar-refractivity contribution in [2.24, 2.45) is 5.92 Å². The van der Waals surface area contributed by atoms with E-state index in [0.717, 1.165) is 22.3 Å². The third-order valence-corrected chi connectivity index (χ3v) is 5.41. The van der Waals surface area contributed by atoms with E-state index in [2.05, 4.69) is 20.4 Å². The summed E-state index contributed by atoms with van der Waals surface area (Å²) in [5.41, 5.74) is 4.82. The van der Waals surface area contributed by atoms with Crippen molar-refractivity contribution in [3.05, 3.63) is 89.3 Å². The summed E-state index contributed by atoms with van der Waals surface area (Å²) in [7, 11) is -0.811. The summed E-state index contributed by atoms with van der Waals surface area (Å²) in [6.45, 7) is 8.41. The van der Waals surface area contributed by atoms with Crippen LogP contribution in [0.1, 0.15) is 37.8 Å². The molecular weight excluding hydrogens is 378 g/mol. The molecule has 1 unspecified atom stereocenters. The van der Waals surface area contributed by atoms with Crippen molar-refractivity contribution in [3.63, 3.8) is 0 Å². The van der Waals surface area contributed by atoms with Gasteiger partial charge in [-0.3, -0.25) is 0 Å². The van der Waals surface area contributed by atoms with E-state index < -0.39 is 12.9 Å². The Bertz CT molecular complexity index is 950. The molecule has 2 N–H and O–H groups in total. The molecule has 0 fully saturated rings. The van der Waals surface area contributed by atoms with E-state index in [4.69, 9.17) is 4.65 Å². The Hall–Kier alpha value is -2.63. The lowest BCUT2D eigenvalue weighted by Gasteiger charge is -2.30. The summed E-state index contributed by atoms with van der Waals surface area (Å²) in [4.78, 5) is 0. The molecule has 5 heteroatoms. The Balaban J connectivity index is 1.87. The zero-order valence-electron chi connectivity index (χ0n) is 17.5. The van der Waals surface area contributed by atoms with Gasteiger partial charge in [-0.25, -0.2) is 4.39 Å². The molecule has 0 aromatic heterocycles. The number of rotatable bonds is 7. The lowest BCUT2D eigenvalue weighted by molar-refractivity contribution is 0.183. The lowest BCUT2D eigenvalue weighted by atomic mass is 9.76. The van der Waals surface area contributed by atoms with Crippen LogP contribution >= 0.6 is 0 Å². The molecule has 1 aliphatic rings. The molecule has 1 aliphatic heterocycles. The van der Waals surface area contributed by atoms with Crippen LogP contribution in [0.15, 0.2) is 72.3 Å². The standard InChI is InChI=1S/C25H28BFO3/c1-17(2)18(3)22-13-14-26(29)30-25(22)12-10-21(20-7-5-4-6-8-20)15-19-9-11-24(28)23(27)16-19/h4-9,11,13,15-17,25,28-29H,3,10,12,14H2,1-2H3/b21-15-. The quantitative estimate of drug-likeness (QED) is 0.447. The van der Waals surface area contributed by atoms with Gasteiger partial charge in [0.15, 0.2) is 11.6 Å². The minimum Gasteiger partial charge on any atom is -0.505 e. The summed E-state index contributed by atoms with van der Waals surface area (Å²) >= 11 is 0. The van der Waals surface area contributed by atoms with Crippen molar-refractivity contribution < 1.29 is 19.2 Å². The monoisotopic (exact) mass is 406 g/mol. The van der Waals surface area contributed by atoms with Crippen LogP contribution in [0.3, 0.4) is 0 Å². The van der Waals surface area contributed by atoms with Crippen molar-refractivity contribution >= 4 is 18.8 Å². The average Bonchev–Trinajstić information content (AvgIpc) is 2.73. The van der Waals surface area contributed by atoms with Crippen LogP contribution in [0.2, 0.25) is 6.32 Å². The fourth-order valence-corrected chi connectivity index (χ4v) is 3.63. The van der Waals surface area contributed by atoms with Gasteiger partial charge in [0.2, 0.25) is 0 Å². The molecule has 1 atom stereocenters. The number of phenols is 1. The maximum Gasteiger partial charge on any atom is 0.458 e. The molecule has 2 aromatic rings. The van der Waals surface area contributed by atoms with Gasteiger partial charge in [-0.15, -0.1) is 0 Å². The smallest absolute Gasteiger partial charge is 0.458 e. The van der Waals surface area contributed by atoms with Crippen LogP contribution in [0.5, 0.6) is 5.75 Å². The molecular formula is C25H28BFO3. The number of aromatic hydroxyl groups is 1. The van der Waals surface area contributed by atoms with E-state index in [1.807, 2.05) is 42.5 Å². The Morgan fingerprint density at radius 2 is 2.00 bits per heavy atom. The summed E-state index contributed by atoms with van der Waals surface area (Å²) in [6, 6.07) is 14.3. The van der Waals surface area contributed by atoms with Crippen LogP contribution in [0, 0.1) is 11.7 Å². The first-order valence-corrected chi connectivity index (χ1v) is 10.3. The van der Waals surface area contributed by atoms with E-state index in [9.17, 15) is 14.5 Å². The first-order valence-electron chi connectivity index (χ1n) is 10.3. The molecule has 156 valence electrons. The van der Waals surface area contributed by atoms with Crippen molar-refractivity contribution in [1.82, 2.24) is 0 Å². The minimum atomic E-state index is -0.811. The van der Waals surface area contributed by atoms with Gasteiger partial charge in [0.05, 0.1) is 6.10 Å². The molecule has 0 amide bonds. The Kier molecular flexibility index (Phi) is 7.30. The topological polar surface area (TPSA) is 49.7 Å². The molecule has 30 heavy (non-hydrogen) atoms. The lowest BCUT2D eigenvalue weighted by Crippen LogP contribution is -2.32. The minimum absolute atomic E-state index is 0.243. The second-order valence-corrected chi connectivity index (χ2v) is 7.94. The van der Waals surface area contributed by atoms with E-state index in [-0.39, 0.29) is 11.9 Å². The molecule has 0 saturated carbocycles. The van der Waals surface area contributed by atoms with Gasteiger partial charge in [-0.2, -0.15) is 0 Å². The highest BCUT2D eigenvalue weighted by molar-refractivity contribution is 6.43. The van der Waals surface area contributed by atoms with Crippen molar-refractivity contribution in [1.29, 1.82) is 0 Å². The molecule has 3 nitrogen and oxygen atoms in total. The van der Waals surface area contributed by atoms with Crippen molar-refractivity contribution in [2.45, 2.75) is 39.1 Å². The summed E-state index contributed by atoms with van der Waals surface area (Å²) < 4.78 is 19.7. The zero-order valence-corrected chi connectivity index (χ0v) is 17.5. The van der Waals surface area contributed by atoms with Gasteiger partial charge in [0.1, 0.15) is 0 Å². The van der Waals surface area contributed by atoms with Gasteiger partial charge < -0.3 is 14.8 Å². The van der Waals surface area contributed by atoms with Gasteiger partial charge in [0.25, 0.3) is 0 Å². The van der Waals surface area contributed by atoms with Crippen LogP contribution in [-0.4, -0.2) is 23.4 Å². The van der Waals surface area contributed by atoms with Gasteiger partial charge in [0, 0.05) is 6.32 Å². The van der Waals surface area contributed by atoms with Crippen LogP contribution in [-0.2, 0) is 4.65 Å². The average molecular weight is 406 g/mol. The number of benzene rings is 2. The van der Waals surface area contributed by atoms with Crippen molar-refractivity contribution in [2.75, 3.05) is 0 Å². The molecule has 2 aromatic carbocycles. The normalized spacial score (nSPS) is 17.2. The van der Waals surface area contributed by atoms with Crippen molar-refractivity contribution in [3.8, 4) is 5.75 Å². The first-order chi connectivity index (χ1) is 14.3.